The van der Waals surface area contributed by atoms with E-state index in [9.17, 15) is 14.8 Å². The predicted molar refractivity (Wildman–Crippen MR) is 86.3 cm³/mol. The molecular formula is C19H27NO3. The van der Waals surface area contributed by atoms with E-state index in [-0.39, 0.29) is 16.7 Å². The van der Waals surface area contributed by atoms with Crippen molar-refractivity contribution in [3.63, 3.8) is 0 Å². The number of rotatable bonds is 0. The summed E-state index contributed by atoms with van der Waals surface area (Å²) in [6, 6.07) is 0. The van der Waals surface area contributed by atoms with Gasteiger partial charge in [0, 0.05) is 30.6 Å². The fraction of sp³-hybridized carbons (Fsp3) is 0.842. The minimum absolute atomic E-state index is 0.0609. The van der Waals surface area contributed by atoms with Crippen molar-refractivity contribution in [3.05, 3.63) is 0 Å². The maximum absolute atomic E-state index is 12.4. The fourth-order valence-corrected chi connectivity index (χ4v) is 6.74. The fourth-order valence-electron chi connectivity index (χ4n) is 6.74. The second-order valence-corrected chi connectivity index (χ2v) is 8.89. The van der Waals surface area contributed by atoms with Gasteiger partial charge in [-0.1, -0.05) is 19.0 Å². The molecule has 4 nitrogen and oxygen atoms in total. The molecule has 0 bridgehead atoms. The largest absolute Gasteiger partial charge is 0.411 e. The summed E-state index contributed by atoms with van der Waals surface area (Å²) in [4.78, 5) is 24.4. The van der Waals surface area contributed by atoms with Gasteiger partial charge < -0.3 is 5.21 Å². The Morgan fingerprint density at radius 3 is 2.57 bits per heavy atom. The van der Waals surface area contributed by atoms with Crippen LogP contribution in [0.5, 0.6) is 0 Å². The van der Waals surface area contributed by atoms with E-state index in [0.29, 0.717) is 48.6 Å². The van der Waals surface area contributed by atoms with Gasteiger partial charge in [-0.05, 0) is 55.3 Å². The first kappa shape index (κ1) is 15.3. The Kier molecular flexibility index (Phi) is 3.27. The van der Waals surface area contributed by atoms with Gasteiger partial charge in [0.1, 0.15) is 11.6 Å². The van der Waals surface area contributed by atoms with Crippen LogP contribution >= 0.6 is 0 Å². The molecule has 1 unspecified atom stereocenters. The zero-order valence-electron chi connectivity index (χ0n) is 14.2. The smallest absolute Gasteiger partial charge is 0.139 e. The Bertz CT molecular complexity index is 597. The number of hydrogen-bond donors (Lipinski definition) is 1. The third-order valence-electron chi connectivity index (χ3n) is 8.14. The number of carbonyl (C=O) groups excluding carboxylic acids is 2. The lowest BCUT2D eigenvalue weighted by Crippen LogP contribution is -2.56. The first-order chi connectivity index (χ1) is 10.9. The van der Waals surface area contributed by atoms with Gasteiger partial charge in [-0.2, -0.15) is 0 Å². The number of oxime groups is 1. The molecule has 4 aliphatic carbocycles. The zero-order chi connectivity index (χ0) is 16.4. The summed E-state index contributed by atoms with van der Waals surface area (Å²) in [5.41, 5.74) is 0.728. The van der Waals surface area contributed by atoms with E-state index in [0.717, 1.165) is 37.8 Å². The van der Waals surface area contributed by atoms with Crippen LogP contribution in [0, 0.1) is 34.5 Å². The van der Waals surface area contributed by atoms with Crippen molar-refractivity contribution in [2.45, 2.75) is 65.2 Å². The Labute approximate surface area is 137 Å². The van der Waals surface area contributed by atoms with E-state index in [4.69, 9.17) is 0 Å². The molecule has 0 heterocycles. The van der Waals surface area contributed by atoms with E-state index < -0.39 is 0 Å². The molecule has 0 radical (unpaired) electrons. The van der Waals surface area contributed by atoms with Crippen molar-refractivity contribution in [2.75, 3.05) is 0 Å². The average Bonchev–Trinajstić information content (AvgIpc) is 2.83. The molecule has 4 aliphatic rings. The second-order valence-electron chi connectivity index (χ2n) is 8.89. The quantitative estimate of drug-likeness (QED) is 0.548. The van der Waals surface area contributed by atoms with Crippen LogP contribution in [0.2, 0.25) is 0 Å². The molecule has 126 valence electrons. The Balaban J connectivity index is 1.73. The summed E-state index contributed by atoms with van der Waals surface area (Å²) in [6.45, 7) is 4.48. The number of nitrogens with zero attached hydrogens (tertiary/aromatic N) is 1. The minimum Gasteiger partial charge on any atom is -0.411 e. The number of carbonyl (C=O) groups is 2. The van der Waals surface area contributed by atoms with Gasteiger partial charge in [0.2, 0.25) is 0 Å². The molecular weight excluding hydrogens is 290 g/mol. The number of hydrogen-bond acceptors (Lipinski definition) is 4. The number of Topliss-reactive ketones (excluding diaryl/α,β-unsaturated/α-hetero) is 2. The summed E-state index contributed by atoms with van der Waals surface area (Å²) in [6.07, 6.45) is 6.69. The molecule has 0 aromatic carbocycles. The lowest BCUT2D eigenvalue weighted by Gasteiger charge is -2.59. The van der Waals surface area contributed by atoms with Crippen molar-refractivity contribution in [1.82, 2.24) is 0 Å². The Hall–Kier alpha value is -1.19. The summed E-state index contributed by atoms with van der Waals surface area (Å²) in [5.74, 6) is 2.30. The topological polar surface area (TPSA) is 66.7 Å². The average molecular weight is 317 g/mol. The van der Waals surface area contributed by atoms with E-state index in [1.54, 1.807) is 0 Å². The molecule has 4 fully saturated rings. The van der Waals surface area contributed by atoms with Gasteiger partial charge in [0.25, 0.3) is 0 Å². The Morgan fingerprint density at radius 1 is 1.04 bits per heavy atom. The van der Waals surface area contributed by atoms with Crippen LogP contribution < -0.4 is 0 Å². The van der Waals surface area contributed by atoms with Crippen LogP contribution in [0.3, 0.4) is 0 Å². The minimum atomic E-state index is -0.157. The molecule has 6 atom stereocenters. The summed E-state index contributed by atoms with van der Waals surface area (Å²) < 4.78 is 0. The highest BCUT2D eigenvalue weighted by molar-refractivity contribution is 5.94. The SMILES string of the molecule is C[C@]12CCC(=O)CC1C(=NO)C[C@@H]1[C@H]2CC[C@]2(C)C(=O)CC[C@@H]12. The van der Waals surface area contributed by atoms with Gasteiger partial charge >= 0.3 is 0 Å². The first-order valence-corrected chi connectivity index (χ1v) is 9.16. The lowest BCUT2D eigenvalue weighted by molar-refractivity contribution is -0.136. The zero-order valence-corrected chi connectivity index (χ0v) is 14.2. The van der Waals surface area contributed by atoms with Crippen LogP contribution in [0.4, 0.5) is 0 Å². The highest BCUT2D eigenvalue weighted by atomic mass is 16.4. The maximum atomic E-state index is 12.4. The third-order valence-corrected chi connectivity index (χ3v) is 8.14. The monoisotopic (exact) mass is 317 g/mol. The standard InChI is InChI=1S/C19H27NO3/c1-18-7-5-11(21)9-15(18)16(20-23)10-12-13-3-4-17(22)19(13,2)8-6-14(12)18/h12-15,23H,3-10H2,1-2H3/t12-,13-,14+,15?,18+,19-/m0/s1. The molecule has 0 aromatic heterocycles. The molecule has 0 aliphatic heterocycles. The van der Waals surface area contributed by atoms with Gasteiger partial charge in [-0.15, -0.1) is 0 Å². The number of fused-ring (bicyclic) bond motifs is 5. The normalized spacial score (nSPS) is 51.3. The van der Waals surface area contributed by atoms with E-state index >= 15 is 0 Å². The van der Waals surface area contributed by atoms with Gasteiger partial charge in [0.15, 0.2) is 0 Å². The van der Waals surface area contributed by atoms with Crippen LogP contribution in [-0.2, 0) is 9.59 Å². The van der Waals surface area contributed by atoms with Gasteiger partial charge in [-0.25, -0.2) is 0 Å². The molecule has 0 saturated heterocycles. The molecule has 0 spiro atoms. The van der Waals surface area contributed by atoms with Gasteiger partial charge in [0.05, 0.1) is 5.71 Å². The molecule has 23 heavy (non-hydrogen) atoms. The van der Waals surface area contributed by atoms with Gasteiger partial charge in [-0.3, -0.25) is 9.59 Å². The van der Waals surface area contributed by atoms with E-state index in [2.05, 4.69) is 19.0 Å². The third kappa shape index (κ3) is 1.93. The second kappa shape index (κ2) is 4.90. The maximum Gasteiger partial charge on any atom is 0.139 e. The highest BCUT2D eigenvalue weighted by Crippen LogP contribution is 2.64. The van der Waals surface area contributed by atoms with Crippen LogP contribution in [0.15, 0.2) is 5.16 Å². The molecule has 0 aromatic rings. The van der Waals surface area contributed by atoms with Crippen LogP contribution in [-0.4, -0.2) is 22.5 Å². The molecule has 0 amide bonds. The number of ketones is 2. The summed E-state index contributed by atoms with van der Waals surface area (Å²) in [7, 11) is 0. The molecule has 4 rings (SSSR count). The molecule has 4 saturated carbocycles. The molecule has 4 heteroatoms. The van der Waals surface area contributed by atoms with Crippen molar-refractivity contribution < 1.29 is 14.8 Å². The van der Waals surface area contributed by atoms with E-state index in [1.165, 1.54) is 0 Å². The summed E-state index contributed by atoms with van der Waals surface area (Å²) >= 11 is 0. The Morgan fingerprint density at radius 2 is 1.83 bits per heavy atom. The van der Waals surface area contributed by atoms with Crippen LogP contribution in [0.25, 0.3) is 0 Å². The van der Waals surface area contributed by atoms with Crippen LogP contribution in [0.1, 0.15) is 65.2 Å². The first-order valence-electron chi connectivity index (χ1n) is 9.16. The van der Waals surface area contributed by atoms with Crippen molar-refractivity contribution in [2.24, 2.45) is 39.7 Å². The summed E-state index contributed by atoms with van der Waals surface area (Å²) in [5, 5.41) is 13.2. The van der Waals surface area contributed by atoms with Crippen molar-refractivity contribution in [1.29, 1.82) is 0 Å². The van der Waals surface area contributed by atoms with Crippen molar-refractivity contribution in [3.8, 4) is 0 Å². The predicted octanol–water partition coefficient (Wildman–Crippen LogP) is 3.61. The lowest BCUT2D eigenvalue weighted by atomic mass is 9.45. The van der Waals surface area contributed by atoms with E-state index in [1.807, 2.05) is 0 Å². The van der Waals surface area contributed by atoms with Crippen molar-refractivity contribution >= 4 is 17.3 Å². The molecule has 1 N–H and O–H groups in total. The highest BCUT2D eigenvalue weighted by Gasteiger charge is 2.61.